The van der Waals surface area contributed by atoms with E-state index in [1.54, 1.807) is 4.68 Å². The predicted octanol–water partition coefficient (Wildman–Crippen LogP) is -0.477. The molecule has 2 aromatic rings. The van der Waals surface area contributed by atoms with Gasteiger partial charge in [-0.2, -0.15) is 5.10 Å². The average molecular weight is 275 g/mol. The molecule has 7 heteroatoms. The van der Waals surface area contributed by atoms with Crippen molar-refractivity contribution in [3.63, 3.8) is 0 Å². The lowest BCUT2D eigenvalue weighted by Gasteiger charge is -2.07. The van der Waals surface area contributed by atoms with Crippen LogP contribution in [0.5, 0.6) is 0 Å². The molecule has 3 N–H and O–H groups in total. The molecule has 0 fully saturated rings. The summed E-state index contributed by atoms with van der Waals surface area (Å²) in [6.45, 7) is 0.443. The summed E-state index contributed by atoms with van der Waals surface area (Å²) in [5.74, 6) is -0.228. The van der Waals surface area contributed by atoms with Gasteiger partial charge < -0.3 is 15.6 Å². The number of aryl methyl sites for hydroxylation is 1. The van der Waals surface area contributed by atoms with Crippen LogP contribution in [0.4, 0.5) is 5.69 Å². The minimum absolute atomic E-state index is 0.0356. The molecule has 2 rings (SSSR count). The van der Waals surface area contributed by atoms with Gasteiger partial charge in [0, 0.05) is 44.2 Å². The van der Waals surface area contributed by atoms with Gasteiger partial charge in [-0.15, -0.1) is 0 Å². The van der Waals surface area contributed by atoms with Crippen molar-refractivity contribution >= 4 is 11.6 Å². The van der Waals surface area contributed by atoms with Crippen LogP contribution in [0.15, 0.2) is 35.4 Å². The minimum atomic E-state index is -0.251. The lowest BCUT2D eigenvalue weighted by Crippen LogP contribution is -2.33. The van der Waals surface area contributed by atoms with E-state index in [4.69, 9.17) is 5.73 Å². The fraction of sp³-hybridized carbons (Fsp3) is 0.308. The summed E-state index contributed by atoms with van der Waals surface area (Å²) in [4.78, 5) is 23.3. The highest BCUT2D eigenvalue weighted by atomic mass is 16.2. The number of aromatic nitrogens is 3. The summed E-state index contributed by atoms with van der Waals surface area (Å²) in [6, 6.07) is 4.75. The molecule has 0 aliphatic rings. The zero-order valence-corrected chi connectivity index (χ0v) is 11.2. The molecule has 20 heavy (non-hydrogen) atoms. The van der Waals surface area contributed by atoms with E-state index in [-0.39, 0.29) is 18.0 Å². The molecule has 0 atom stereocenters. The molecule has 0 aliphatic carbocycles. The molecule has 0 bridgehead atoms. The number of hydrogen-bond donors (Lipinski definition) is 2. The van der Waals surface area contributed by atoms with Crippen molar-refractivity contribution in [2.75, 3.05) is 12.3 Å². The SMILES string of the molecule is Cn1ccc(CCNC(=O)Cn2cc(N)ccc2=O)n1. The zero-order chi connectivity index (χ0) is 14.5. The Hall–Kier alpha value is -2.57. The fourth-order valence-corrected chi connectivity index (χ4v) is 1.81. The molecule has 0 radical (unpaired) electrons. The molecular weight excluding hydrogens is 258 g/mol. The zero-order valence-electron chi connectivity index (χ0n) is 11.2. The van der Waals surface area contributed by atoms with Crippen molar-refractivity contribution in [2.24, 2.45) is 7.05 Å². The Morgan fingerprint density at radius 2 is 2.20 bits per heavy atom. The third kappa shape index (κ3) is 3.71. The lowest BCUT2D eigenvalue weighted by atomic mass is 10.3. The Morgan fingerprint density at radius 1 is 1.40 bits per heavy atom. The van der Waals surface area contributed by atoms with E-state index in [0.717, 1.165) is 5.69 Å². The highest BCUT2D eigenvalue weighted by Gasteiger charge is 2.05. The Labute approximate surface area is 116 Å². The predicted molar refractivity (Wildman–Crippen MR) is 75.0 cm³/mol. The molecule has 2 heterocycles. The highest BCUT2D eigenvalue weighted by Crippen LogP contribution is 1.96. The second-order valence-corrected chi connectivity index (χ2v) is 4.51. The van der Waals surface area contributed by atoms with Crippen molar-refractivity contribution in [3.05, 3.63) is 46.6 Å². The molecule has 0 aromatic carbocycles. The molecule has 0 spiro atoms. The number of anilines is 1. The van der Waals surface area contributed by atoms with Crippen molar-refractivity contribution in [1.82, 2.24) is 19.7 Å². The quantitative estimate of drug-likeness (QED) is 0.770. The van der Waals surface area contributed by atoms with Gasteiger partial charge in [0.15, 0.2) is 0 Å². The van der Waals surface area contributed by atoms with E-state index < -0.39 is 0 Å². The topological polar surface area (TPSA) is 94.9 Å². The van der Waals surface area contributed by atoms with Crippen LogP contribution in [0.3, 0.4) is 0 Å². The minimum Gasteiger partial charge on any atom is -0.398 e. The summed E-state index contributed by atoms with van der Waals surface area (Å²) in [7, 11) is 1.84. The van der Waals surface area contributed by atoms with Crippen molar-refractivity contribution in [2.45, 2.75) is 13.0 Å². The highest BCUT2D eigenvalue weighted by molar-refractivity contribution is 5.75. The van der Waals surface area contributed by atoms with Crippen molar-refractivity contribution in [1.29, 1.82) is 0 Å². The molecule has 0 saturated heterocycles. The van der Waals surface area contributed by atoms with E-state index in [2.05, 4.69) is 10.4 Å². The third-order valence-electron chi connectivity index (χ3n) is 2.79. The first-order valence-corrected chi connectivity index (χ1v) is 6.26. The number of amides is 1. The molecule has 7 nitrogen and oxygen atoms in total. The van der Waals surface area contributed by atoms with E-state index in [1.807, 2.05) is 19.3 Å². The van der Waals surface area contributed by atoms with Gasteiger partial charge in [-0.25, -0.2) is 0 Å². The Kier molecular flexibility index (Phi) is 4.19. The molecule has 0 unspecified atom stereocenters. The van der Waals surface area contributed by atoms with Crippen molar-refractivity contribution in [3.8, 4) is 0 Å². The largest absolute Gasteiger partial charge is 0.398 e. The maximum Gasteiger partial charge on any atom is 0.251 e. The molecule has 0 aliphatic heterocycles. The van der Waals surface area contributed by atoms with Gasteiger partial charge >= 0.3 is 0 Å². The molecule has 1 amide bonds. The van der Waals surface area contributed by atoms with Gasteiger partial charge in [0.2, 0.25) is 5.91 Å². The van der Waals surface area contributed by atoms with Gasteiger partial charge in [-0.3, -0.25) is 14.3 Å². The van der Waals surface area contributed by atoms with Crippen LogP contribution in [0, 0.1) is 0 Å². The first kappa shape index (κ1) is 13.9. The van der Waals surface area contributed by atoms with Crippen LogP contribution in [0.1, 0.15) is 5.69 Å². The number of rotatable bonds is 5. The molecule has 106 valence electrons. The first-order valence-electron chi connectivity index (χ1n) is 6.26. The van der Waals surface area contributed by atoms with Crippen molar-refractivity contribution < 1.29 is 4.79 Å². The summed E-state index contributed by atoms with van der Waals surface area (Å²) in [6.07, 6.45) is 3.96. The number of hydrogen-bond acceptors (Lipinski definition) is 4. The number of carbonyl (C=O) groups is 1. The van der Waals surface area contributed by atoms with E-state index >= 15 is 0 Å². The van der Waals surface area contributed by atoms with E-state index in [1.165, 1.54) is 22.9 Å². The fourth-order valence-electron chi connectivity index (χ4n) is 1.81. The van der Waals surface area contributed by atoms with Crippen LogP contribution < -0.4 is 16.6 Å². The number of nitrogen functional groups attached to an aromatic ring is 1. The second kappa shape index (κ2) is 6.05. The van der Waals surface area contributed by atoms with E-state index in [0.29, 0.717) is 18.7 Å². The van der Waals surface area contributed by atoms with Gasteiger partial charge in [0.1, 0.15) is 6.54 Å². The monoisotopic (exact) mass is 275 g/mol. The second-order valence-electron chi connectivity index (χ2n) is 4.51. The standard InChI is InChI=1S/C13H17N5O2/c1-17-7-5-11(16-17)4-6-15-12(19)9-18-8-10(14)2-3-13(18)20/h2-3,5,7-8H,4,6,9,14H2,1H3,(H,15,19). The molecular formula is C13H17N5O2. The number of pyridine rings is 1. The number of nitrogens with one attached hydrogen (secondary N) is 1. The summed E-state index contributed by atoms with van der Waals surface area (Å²) < 4.78 is 2.99. The number of nitrogens with two attached hydrogens (primary N) is 1. The lowest BCUT2D eigenvalue weighted by molar-refractivity contribution is -0.121. The Morgan fingerprint density at radius 3 is 2.90 bits per heavy atom. The van der Waals surface area contributed by atoms with Gasteiger partial charge in [0.25, 0.3) is 5.56 Å². The number of nitrogens with zero attached hydrogens (tertiary/aromatic N) is 3. The van der Waals surface area contributed by atoms with Crippen LogP contribution in [-0.2, 0) is 24.8 Å². The summed E-state index contributed by atoms with van der Waals surface area (Å²) in [5, 5.41) is 6.96. The van der Waals surface area contributed by atoms with Gasteiger partial charge in [0.05, 0.1) is 5.69 Å². The smallest absolute Gasteiger partial charge is 0.251 e. The van der Waals surface area contributed by atoms with Crippen LogP contribution in [0.25, 0.3) is 0 Å². The average Bonchev–Trinajstić information content (AvgIpc) is 2.80. The number of carbonyl (C=O) groups excluding carboxylic acids is 1. The van der Waals surface area contributed by atoms with Crippen LogP contribution >= 0.6 is 0 Å². The van der Waals surface area contributed by atoms with Gasteiger partial charge in [-0.05, 0) is 12.1 Å². The Bertz CT molecular complexity index is 659. The maximum absolute atomic E-state index is 11.7. The summed E-state index contributed by atoms with van der Waals surface area (Å²) >= 11 is 0. The first-order chi connectivity index (χ1) is 9.54. The van der Waals surface area contributed by atoms with E-state index in [9.17, 15) is 9.59 Å². The molecule has 2 aromatic heterocycles. The van der Waals surface area contributed by atoms with Crippen LogP contribution in [-0.4, -0.2) is 26.8 Å². The van der Waals surface area contributed by atoms with Gasteiger partial charge in [-0.1, -0.05) is 0 Å². The third-order valence-corrected chi connectivity index (χ3v) is 2.79. The molecule has 0 saturated carbocycles. The van der Waals surface area contributed by atoms with Crippen LogP contribution in [0.2, 0.25) is 0 Å². The normalized spacial score (nSPS) is 10.4. The Balaban J connectivity index is 1.83. The summed E-state index contributed by atoms with van der Waals surface area (Å²) in [5.41, 5.74) is 6.69. The maximum atomic E-state index is 11.7.